The van der Waals surface area contributed by atoms with Gasteiger partial charge in [0.2, 0.25) is 11.9 Å². The molecule has 1 fully saturated rings. The minimum absolute atomic E-state index is 0.00732. The van der Waals surface area contributed by atoms with Crippen LogP contribution in [0.5, 0.6) is 0 Å². The van der Waals surface area contributed by atoms with Crippen molar-refractivity contribution in [3.05, 3.63) is 23.7 Å². The normalized spacial score (nSPS) is 17.0. The number of hydrogen-bond acceptors (Lipinski definition) is 5. The zero-order valence-corrected chi connectivity index (χ0v) is 13.6. The van der Waals surface area contributed by atoms with E-state index >= 15 is 0 Å². The third-order valence-corrected chi connectivity index (χ3v) is 3.88. The number of hydrogen-bond donors (Lipinski definition) is 1. The molecule has 1 aliphatic heterocycles. The van der Waals surface area contributed by atoms with Crippen molar-refractivity contribution in [2.75, 3.05) is 40.0 Å². The number of aliphatic imine (C=N–C) groups is 1. The van der Waals surface area contributed by atoms with Crippen LogP contribution < -0.4 is 5.32 Å². The lowest BCUT2D eigenvalue weighted by atomic mass is 10.4. The molecular formula is C14H22N4O2S. The van der Waals surface area contributed by atoms with Gasteiger partial charge in [0.15, 0.2) is 0 Å². The van der Waals surface area contributed by atoms with Crippen molar-refractivity contribution in [3.8, 4) is 0 Å². The summed E-state index contributed by atoms with van der Waals surface area (Å²) in [5, 5.41) is 2.74. The van der Waals surface area contributed by atoms with E-state index in [1.165, 1.54) is 0 Å². The minimum Gasteiger partial charge on any atom is -0.464 e. The maximum Gasteiger partial charge on any atom is 0.246 e. The van der Waals surface area contributed by atoms with E-state index in [9.17, 15) is 4.79 Å². The number of nitrogens with one attached hydrogen (secondary N) is 1. The lowest BCUT2D eigenvalue weighted by Gasteiger charge is -2.08. The van der Waals surface area contributed by atoms with E-state index in [4.69, 9.17) is 4.42 Å². The average molecular weight is 310 g/mol. The molecule has 1 aromatic rings. The molecule has 0 bridgehead atoms. The summed E-state index contributed by atoms with van der Waals surface area (Å²) >= 11 is 1.78. The Balaban J connectivity index is 1.67. The summed E-state index contributed by atoms with van der Waals surface area (Å²) < 4.78 is 5.74. The van der Waals surface area contributed by atoms with Gasteiger partial charge in [0.05, 0.1) is 25.4 Å². The van der Waals surface area contributed by atoms with E-state index in [0.717, 1.165) is 29.6 Å². The Labute approximate surface area is 129 Å². The highest BCUT2D eigenvalue weighted by atomic mass is 32.2. The zero-order chi connectivity index (χ0) is 15.2. The number of carbonyl (C=O) groups excluding carboxylic acids is 1. The van der Waals surface area contributed by atoms with Crippen LogP contribution >= 0.6 is 11.8 Å². The molecule has 0 saturated carbocycles. The molecule has 0 aliphatic carbocycles. The Bertz CT molecular complexity index is 513. The standard InChI is InChI=1S/C14H22N4O2S/c1-17(2)8-11-4-5-12(20-11)10-21-7-6-15-14-16-13(19)9-18(14)3/h4-5H,6-10H2,1-3H3,(H,15,16,19). The second kappa shape index (κ2) is 7.51. The fourth-order valence-electron chi connectivity index (χ4n) is 2.00. The number of likely N-dealkylation sites (N-methyl/N-ethyl adjacent to an activating group) is 1. The average Bonchev–Trinajstić information content (AvgIpc) is 2.95. The second-order valence-corrected chi connectivity index (χ2v) is 6.37. The fraction of sp³-hybridized carbons (Fsp3) is 0.571. The van der Waals surface area contributed by atoms with Gasteiger partial charge >= 0.3 is 0 Å². The summed E-state index contributed by atoms with van der Waals surface area (Å²) in [5.74, 6) is 4.42. The molecule has 1 aliphatic rings. The van der Waals surface area contributed by atoms with Gasteiger partial charge in [-0.2, -0.15) is 11.8 Å². The van der Waals surface area contributed by atoms with Gasteiger partial charge in [0.1, 0.15) is 11.5 Å². The summed E-state index contributed by atoms with van der Waals surface area (Å²) in [6.45, 7) is 1.91. The van der Waals surface area contributed by atoms with E-state index in [-0.39, 0.29) is 5.91 Å². The topological polar surface area (TPSA) is 61.1 Å². The van der Waals surface area contributed by atoms with Crippen molar-refractivity contribution >= 4 is 23.6 Å². The highest BCUT2D eigenvalue weighted by Crippen LogP contribution is 2.16. The van der Waals surface area contributed by atoms with Crippen molar-refractivity contribution in [1.29, 1.82) is 0 Å². The summed E-state index contributed by atoms with van der Waals surface area (Å²) in [6.07, 6.45) is 0. The summed E-state index contributed by atoms with van der Waals surface area (Å²) in [5.41, 5.74) is 0. The van der Waals surface area contributed by atoms with Crippen LogP contribution in [-0.2, 0) is 17.1 Å². The van der Waals surface area contributed by atoms with Crippen LogP contribution in [0.15, 0.2) is 21.5 Å². The SMILES string of the molecule is CN(C)Cc1ccc(CSCCN=C2NC(=O)CN2C)o1. The Morgan fingerprint density at radius 3 is 2.86 bits per heavy atom. The van der Waals surface area contributed by atoms with E-state index in [0.29, 0.717) is 19.0 Å². The zero-order valence-electron chi connectivity index (χ0n) is 12.8. The third-order valence-electron chi connectivity index (χ3n) is 2.92. The van der Waals surface area contributed by atoms with Gasteiger partial charge in [0, 0.05) is 12.8 Å². The summed E-state index contributed by atoms with van der Waals surface area (Å²) in [4.78, 5) is 19.5. The van der Waals surface area contributed by atoms with Gasteiger partial charge in [-0.15, -0.1) is 0 Å². The van der Waals surface area contributed by atoms with Crippen molar-refractivity contribution in [3.63, 3.8) is 0 Å². The predicted octanol–water partition coefficient (Wildman–Crippen LogP) is 0.992. The van der Waals surface area contributed by atoms with E-state index in [1.54, 1.807) is 11.8 Å². The monoisotopic (exact) mass is 310 g/mol. The first-order chi connectivity index (χ1) is 10.0. The molecule has 116 valence electrons. The molecule has 0 unspecified atom stereocenters. The van der Waals surface area contributed by atoms with Crippen LogP contribution in [0.25, 0.3) is 0 Å². The molecule has 2 rings (SSSR count). The number of thioether (sulfide) groups is 1. The maximum atomic E-state index is 11.2. The van der Waals surface area contributed by atoms with Crippen molar-refractivity contribution in [2.45, 2.75) is 12.3 Å². The van der Waals surface area contributed by atoms with Crippen molar-refractivity contribution in [2.24, 2.45) is 4.99 Å². The van der Waals surface area contributed by atoms with Crippen molar-refractivity contribution < 1.29 is 9.21 Å². The first-order valence-electron chi connectivity index (χ1n) is 6.90. The molecule has 0 aromatic carbocycles. The molecule has 1 amide bonds. The molecular weight excluding hydrogens is 288 g/mol. The first kappa shape index (κ1) is 15.9. The Morgan fingerprint density at radius 1 is 1.43 bits per heavy atom. The summed E-state index contributed by atoms with van der Waals surface area (Å²) in [7, 11) is 5.91. The quantitative estimate of drug-likeness (QED) is 0.761. The van der Waals surface area contributed by atoms with Gasteiger partial charge in [0.25, 0.3) is 0 Å². The first-order valence-corrected chi connectivity index (χ1v) is 8.05. The smallest absolute Gasteiger partial charge is 0.246 e. The predicted molar refractivity (Wildman–Crippen MR) is 85.3 cm³/mol. The number of furan rings is 1. The maximum absolute atomic E-state index is 11.2. The van der Waals surface area contributed by atoms with Crippen LogP contribution in [0.4, 0.5) is 0 Å². The molecule has 6 nitrogen and oxygen atoms in total. The molecule has 0 radical (unpaired) electrons. The van der Waals surface area contributed by atoms with Gasteiger partial charge in [-0.25, -0.2) is 0 Å². The lowest BCUT2D eigenvalue weighted by molar-refractivity contribution is -0.118. The number of carbonyl (C=O) groups is 1. The van der Waals surface area contributed by atoms with E-state index in [1.807, 2.05) is 38.2 Å². The van der Waals surface area contributed by atoms with Gasteiger partial charge in [-0.3, -0.25) is 15.1 Å². The lowest BCUT2D eigenvalue weighted by Crippen LogP contribution is -2.27. The third kappa shape index (κ3) is 5.09. The highest BCUT2D eigenvalue weighted by Gasteiger charge is 2.20. The molecule has 21 heavy (non-hydrogen) atoms. The van der Waals surface area contributed by atoms with Crippen LogP contribution in [0.2, 0.25) is 0 Å². The van der Waals surface area contributed by atoms with Gasteiger partial charge in [-0.05, 0) is 26.2 Å². The molecule has 7 heteroatoms. The Kier molecular flexibility index (Phi) is 5.69. The molecule has 2 heterocycles. The Hall–Kier alpha value is -1.47. The molecule has 0 spiro atoms. The largest absolute Gasteiger partial charge is 0.464 e. The van der Waals surface area contributed by atoms with Crippen LogP contribution in [0.3, 0.4) is 0 Å². The molecule has 1 N–H and O–H groups in total. The van der Waals surface area contributed by atoms with Crippen LogP contribution in [0, 0.1) is 0 Å². The van der Waals surface area contributed by atoms with E-state index in [2.05, 4.69) is 15.2 Å². The number of amides is 1. The van der Waals surface area contributed by atoms with Gasteiger partial charge < -0.3 is 14.2 Å². The minimum atomic E-state index is 0.00732. The number of rotatable bonds is 7. The van der Waals surface area contributed by atoms with Crippen LogP contribution in [0.1, 0.15) is 11.5 Å². The van der Waals surface area contributed by atoms with E-state index < -0.39 is 0 Å². The summed E-state index contributed by atoms with van der Waals surface area (Å²) in [6, 6.07) is 4.06. The molecule has 1 saturated heterocycles. The Morgan fingerprint density at radius 2 is 2.19 bits per heavy atom. The second-order valence-electron chi connectivity index (χ2n) is 5.27. The van der Waals surface area contributed by atoms with Crippen molar-refractivity contribution in [1.82, 2.24) is 15.1 Å². The molecule has 1 aromatic heterocycles. The number of guanidine groups is 1. The van der Waals surface area contributed by atoms with Crippen LogP contribution in [-0.4, -0.2) is 61.7 Å². The number of nitrogens with zero attached hydrogens (tertiary/aromatic N) is 3. The van der Waals surface area contributed by atoms with Gasteiger partial charge in [-0.1, -0.05) is 0 Å². The fourth-order valence-corrected chi connectivity index (χ4v) is 2.72. The molecule has 0 atom stereocenters. The highest BCUT2D eigenvalue weighted by molar-refractivity contribution is 7.98.